The lowest BCUT2D eigenvalue weighted by Gasteiger charge is -2.21. The number of sulfonamides is 1. The first-order chi connectivity index (χ1) is 20.8. The van der Waals surface area contributed by atoms with Gasteiger partial charge in [-0.1, -0.05) is 23.2 Å². The molecule has 1 N–H and O–H groups in total. The molecule has 0 fully saturated rings. The van der Waals surface area contributed by atoms with Gasteiger partial charge in [-0.05, 0) is 74.5 Å². The average Bonchev–Trinajstić information content (AvgIpc) is 3.39. The second-order valence-corrected chi connectivity index (χ2v) is 13.2. The van der Waals surface area contributed by atoms with E-state index in [2.05, 4.69) is 5.32 Å². The number of benzene rings is 3. The highest BCUT2D eigenvalue weighted by Gasteiger charge is 2.30. The highest BCUT2D eigenvalue weighted by atomic mass is 35.5. The summed E-state index contributed by atoms with van der Waals surface area (Å²) in [4.78, 5) is 37.2. The number of anilines is 2. The fourth-order valence-electron chi connectivity index (χ4n) is 4.00. The first-order valence-corrected chi connectivity index (χ1v) is 15.9. The normalized spacial score (nSPS) is 11.0. The standard InChI is InChI=1S/C30H26Cl2N2O8S2/c1-5-41-24-11-8-22(15-25(24)40-4)34(3)44(38,39)26-16-27(32)43-28(26)29(36)33-21-13-19(12-20(31)14-21)30(37)42-23-9-6-18(7-10-23)17(2)35/h6-16H,5H2,1-4H3,(H,33,36). The molecule has 1 heterocycles. The van der Waals surface area contributed by atoms with Gasteiger partial charge in [-0.2, -0.15) is 0 Å². The summed E-state index contributed by atoms with van der Waals surface area (Å²) in [7, 11) is -1.51. The number of ketones is 1. The first-order valence-electron chi connectivity index (χ1n) is 12.9. The van der Waals surface area contributed by atoms with Gasteiger partial charge in [-0.3, -0.25) is 13.9 Å². The van der Waals surface area contributed by atoms with Gasteiger partial charge in [0.2, 0.25) is 0 Å². The Kier molecular flexibility index (Phi) is 10.2. The minimum atomic E-state index is -4.28. The Balaban J connectivity index is 1.58. The van der Waals surface area contributed by atoms with E-state index in [1.807, 2.05) is 6.92 Å². The molecule has 1 aromatic heterocycles. The average molecular weight is 678 g/mol. The van der Waals surface area contributed by atoms with Crippen LogP contribution in [0.1, 0.15) is 44.2 Å². The third-order valence-corrected chi connectivity index (χ3v) is 9.61. The summed E-state index contributed by atoms with van der Waals surface area (Å²) in [5.41, 5.74) is 0.842. The fourth-order valence-corrected chi connectivity index (χ4v) is 7.11. The highest BCUT2D eigenvalue weighted by molar-refractivity contribution is 7.93. The molecule has 10 nitrogen and oxygen atoms in total. The van der Waals surface area contributed by atoms with Crippen molar-refractivity contribution in [2.45, 2.75) is 18.7 Å². The van der Waals surface area contributed by atoms with Crippen molar-refractivity contribution < 1.29 is 37.0 Å². The zero-order valence-electron chi connectivity index (χ0n) is 23.8. The molecule has 0 aliphatic carbocycles. The molecular formula is C30H26Cl2N2O8S2. The SMILES string of the molecule is CCOc1ccc(N(C)S(=O)(=O)c2cc(Cl)sc2C(=O)Nc2cc(Cl)cc(C(=O)Oc3ccc(C(C)=O)cc3)c2)cc1OC. The number of carbonyl (C=O) groups is 3. The summed E-state index contributed by atoms with van der Waals surface area (Å²) >= 11 is 13.2. The van der Waals surface area contributed by atoms with Crippen LogP contribution in [0.2, 0.25) is 9.36 Å². The molecule has 14 heteroatoms. The third-order valence-electron chi connectivity index (χ3n) is 6.19. The lowest BCUT2D eigenvalue weighted by molar-refractivity contribution is 0.0734. The third kappa shape index (κ3) is 7.33. The predicted molar refractivity (Wildman–Crippen MR) is 170 cm³/mol. The fraction of sp³-hybridized carbons (Fsp3) is 0.167. The number of amides is 1. The van der Waals surface area contributed by atoms with Crippen LogP contribution in [0.25, 0.3) is 0 Å². The summed E-state index contributed by atoms with van der Waals surface area (Å²) in [5.74, 6) is -0.727. The summed E-state index contributed by atoms with van der Waals surface area (Å²) in [6, 6.07) is 15.9. The number of methoxy groups -OCH3 is 1. The molecule has 0 bridgehead atoms. The number of carbonyl (C=O) groups excluding carboxylic acids is 3. The monoisotopic (exact) mass is 676 g/mol. The molecule has 4 aromatic rings. The van der Waals surface area contributed by atoms with Crippen LogP contribution in [0, 0.1) is 0 Å². The minimum absolute atomic E-state index is 0.0182. The zero-order chi connectivity index (χ0) is 32.2. The van der Waals surface area contributed by atoms with Crippen molar-refractivity contribution in [3.05, 3.63) is 92.1 Å². The maximum atomic E-state index is 13.7. The Hall–Kier alpha value is -4.10. The second kappa shape index (κ2) is 13.7. The number of nitrogens with zero attached hydrogens (tertiary/aromatic N) is 1. The lowest BCUT2D eigenvalue weighted by Crippen LogP contribution is -2.28. The Morgan fingerprint density at radius 2 is 1.64 bits per heavy atom. The van der Waals surface area contributed by atoms with E-state index in [-0.39, 0.29) is 47.6 Å². The number of hydrogen-bond donors (Lipinski definition) is 1. The lowest BCUT2D eigenvalue weighted by atomic mass is 10.1. The summed E-state index contributed by atoms with van der Waals surface area (Å²) in [6.07, 6.45) is 0. The van der Waals surface area contributed by atoms with Gasteiger partial charge in [0.15, 0.2) is 17.3 Å². The molecule has 0 saturated carbocycles. The number of nitrogens with one attached hydrogen (secondary N) is 1. The Bertz CT molecular complexity index is 1840. The van der Waals surface area contributed by atoms with Crippen LogP contribution < -0.4 is 23.8 Å². The van der Waals surface area contributed by atoms with Crippen molar-refractivity contribution in [3.8, 4) is 17.2 Å². The molecule has 0 atom stereocenters. The first kappa shape index (κ1) is 32.8. The number of hydrogen-bond acceptors (Lipinski definition) is 9. The maximum absolute atomic E-state index is 13.7. The summed E-state index contributed by atoms with van der Waals surface area (Å²) < 4.78 is 44.6. The van der Waals surface area contributed by atoms with E-state index in [4.69, 9.17) is 37.4 Å². The van der Waals surface area contributed by atoms with E-state index < -0.39 is 21.9 Å². The molecule has 1 amide bonds. The van der Waals surface area contributed by atoms with Gasteiger partial charge in [0, 0.05) is 29.4 Å². The van der Waals surface area contributed by atoms with Gasteiger partial charge in [0.1, 0.15) is 15.5 Å². The molecule has 3 aromatic carbocycles. The van der Waals surface area contributed by atoms with Crippen LogP contribution in [-0.2, 0) is 10.0 Å². The van der Waals surface area contributed by atoms with Crippen LogP contribution in [0.4, 0.5) is 11.4 Å². The largest absolute Gasteiger partial charge is 0.493 e. The van der Waals surface area contributed by atoms with Crippen molar-refractivity contribution in [2.75, 3.05) is 30.4 Å². The van der Waals surface area contributed by atoms with Crippen LogP contribution in [-0.4, -0.2) is 46.8 Å². The van der Waals surface area contributed by atoms with E-state index in [0.717, 1.165) is 15.6 Å². The van der Waals surface area contributed by atoms with E-state index in [1.165, 1.54) is 75.7 Å². The Labute approximate surface area is 268 Å². The Morgan fingerprint density at radius 1 is 0.932 bits per heavy atom. The molecule has 0 aliphatic heterocycles. The van der Waals surface area contributed by atoms with E-state index in [1.54, 1.807) is 12.1 Å². The molecular weight excluding hydrogens is 651 g/mol. The van der Waals surface area contributed by atoms with Gasteiger partial charge >= 0.3 is 5.97 Å². The number of ether oxygens (including phenoxy) is 3. The van der Waals surface area contributed by atoms with E-state index in [9.17, 15) is 22.8 Å². The summed E-state index contributed by atoms with van der Waals surface area (Å²) in [5, 5.41) is 2.70. The predicted octanol–water partition coefficient (Wildman–Crippen LogP) is 6.96. The number of rotatable bonds is 11. The Morgan fingerprint density at radius 3 is 2.27 bits per heavy atom. The van der Waals surface area contributed by atoms with Gasteiger partial charge < -0.3 is 19.5 Å². The van der Waals surface area contributed by atoms with Crippen LogP contribution in [0.15, 0.2) is 71.6 Å². The van der Waals surface area contributed by atoms with Gasteiger partial charge in [-0.25, -0.2) is 13.2 Å². The molecule has 0 radical (unpaired) electrons. The second-order valence-electron chi connectivity index (χ2n) is 9.14. The maximum Gasteiger partial charge on any atom is 0.343 e. The van der Waals surface area contributed by atoms with Gasteiger partial charge in [0.25, 0.3) is 15.9 Å². The van der Waals surface area contributed by atoms with Crippen LogP contribution >= 0.6 is 34.5 Å². The van der Waals surface area contributed by atoms with Crippen molar-refractivity contribution in [1.29, 1.82) is 0 Å². The zero-order valence-corrected chi connectivity index (χ0v) is 27.0. The quantitative estimate of drug-likeness (QED) is 0.103. The molecule has 230 valence electrons. The van der Waals surface area contributed by atoms with Gasteiger partial charge in [-0.15, -0.1) is 11.3 Å². The molecule has 0 aliphatic rings. The van der Waals surface area contributed by atoms with Crippen molar-refractivity contribution in [1.82, 2.24) is 0 Å². The van der Waals surface area contributed by atoms with E-state index >= 15 is 0 Å². The smallest absolute Gasteiger partial charge is 0.343 e. The van der Waals surface area contributed by atoms with Crippen molar-refractivity contribution in [2.24, 2.45) is 0 Å². The van der Waals surface area contributed by atoms with Crippen molar-refractivity contribution >= 4 is 73.6 Å². The number of halogens is 2. The van der Waals surface area contributed by atoms with Crippen LogP contribution in [0.5, 0.6) is 17.2 Å². The molecule has 4 rings (SSSR count). The van der Waals surface area contributed by atoms with Crippen LogP contribution in [0.3, 0.4) is 0 Å². The van der Waals surface area contributed by atoms with E-state index in [0.29, 0.717) is 23.7 Å². The summed E-state index contributed by atoms with van der Waals surface area (Å²) in [6.45, 7) is 3.62. The highest BCUT2D eigenvalue weighted by Crippen LogP contribution is 2.37. The van der Waals surface area contributed by atoms with Crippen molar-refractivity contribution in [3.63, 3.8) is 0 Å². The van der Waals surface area contributed by atoms with Gasteiger partial charge in [0.05, 0.1) is 29.3 Å². The molecule has 0 spiro atoms. The minimum Gasteiger partial charge on any atom is -0.493 e. The number of esters is 1. The topological polar surface area (TPSA) is 128 Å². The molecule has 44 heavy (non-hydrogen) atoms. The molecule has 0 unspecified atom stereocenters. The number of thiophene rings is 1. The molecule has 0 saturated heterocycles. The number of Topliss-reactive ketones (excluding diaryl/α,β-unsaturated/α-hetero) is 1.